The van der Waals surface area contributed by atoms with Crippen LogP contribution in [0.1, 0.15) is 19.3 Å². The second-order valence-electron chi connectivity index (χ2n) is 4.37. The average molecular weight is 294 g/mol. The molecule has 4 N–H and O–H groups in total. The lowest BCUT2D eigenvalue weighted by molar-refractivity contribution is 0.207. The van der Waals surface area contributed by atoms with Crippen molar-refractivity contribution in [3.8, 4) is 0 Å². The standard InChI is InChI=1S/C9H14N2O5S2/c10-17(12,13)8-3-7(16-6-1-2-6)4-9(5-8)18(11,14)15/h3-4,6,8H,1-2,5H2,(H2,10,12,13)(H2,11,14,15). The van der Waals surface area contributed by atoms with Gasteiger partial charge in [0.05, 0.1) is 11.0 Å². The van der Waals surface area contributed by atoms with E-state index in [4.69, 9.17) is 15.0 Å². The molecular weight excluding hydrogens is 280 g/mol. The molecule has 0 heterocycles. The van der Waals surface area contributed by atoms with Crippen LogP contribution in [-0.2, 0) is 24.8 Å². The van der Waals surface area contributed by atoms with Gasteiger partial charge in [0.15, 0.2) is 0 Å². The predicted octanol–water partition coefficient (Wildman–Crippen LogP) is -0.717. The molecule has 0 aliphatic heterocycles. The monoisotopic (exact) mass is 294 g/mol. The van der Waals surface area contributed by atoms with Gasteiger partial charge < -0.3 is 4.74 Å². The summed E-state index contributed by atoms with van der Waals surface area (Å²) < 4.78 is 50.6. The van der Waals surface area contributed by atoms with Crippen molar-refractivity contribution in [3.63, 3.8) is 0 Å². The Labute approximate surface area is 106 Å². The maximum Gasteiger partial charge on any atom is 0.234 e. The second kappa shape index (κ2) is 4.34. The Balaban J connectivity index is 2.34. The van der Waals surface area contributed by atoms with Crippen LogP contribution >= 0.6 is 0 Å². The quantitative estimate of drug-likeness (QED) is 0.707. The van der Waals surface area contributed by atoms with Gasteiger partial charge in [0, 0.05) is 6.42 Å². The summed E-state index contributed by atoms with van der Waals surface area (Å²) in [5, 5.41) is 8.92. The molecule has 0 aromatic carbocycles. The highest BCUT2D eigenvalue weighted by atomic mass is 32.2. The number of primary sulfonamides is 2. The van der Waals surface area contributed by atoms with E-state index >= 15 is 0 Å². The summed E-state index contributed by atoms with van der Waals surface area (Å²) in [7, 11) is -7.83. The lowest BCUT2D eigenvalue weighted by atomic mass is 10.1. The van der Waals surface area contributed by atoms with Gasteiger partial charge in [-0.2, -0.15) is 0 Å². The molecule has 2 rings (SSSR count). The summed E-state index contributed by atoms with van der Waals surface area (Å²) in [6.07, 6.45) is 4.09. The van der Waals surface area contributed by atoms with E-state index in [1.54, 1.807) is 0 Å². The first-order valence-corrected chi connectivity index (χ1v) is 8.45. The van der Waals surface area contributed by atoms with E-state index in [2.05, 4.69) is 0 Å². The van der Waals surface area contributed by atoms with Gasteiger partial charge in [-0.3, -0.25) is 0 Å². The smallest absolute Gasteiger partial charge is 0.234 e. The van der Waals surface area contributed by atoms with Gasteiger partial charge in [-0.1, -0.05) is 0 Å². The van der Waals surface area contributed by atoms with Crippen LogP contribution in [0.2, 0.25) is 0 Å². The molecule has 0 amide bonds. The first-order valence-electron chi connectivity index (χ1n) is 5.30. The fraction of sp³-hybridized carbons (Fsp3) is 0.556. The number of allylic oxidation sites excluding steroid dienone is 2. The summed E-state index contributed by atoms with van der Waals surface area (Å²) in [6.45, 7) is 0. The zero-order chi connectivity index (χ0) is 13.6. The molecule has 0 saturated heterocycles. The zero-order valence-corrected chi connectivity index (χ0v) is 11.1. The molecule has 1 fully saturated rings. The van der Waals surface area contributed by atoms with Gasteiger partial charge in [0.1, 0.15) is 11.0 Å². The van der Waals surface area contributed by atoms with Crippen molar-refractivity contribution in [2.75, 3.05) is 0 Å². The third-order valence-electron chi connectivity index (χ3n) is 2.67. The average Bonchev–Trinajstić information content (AvgIpc) is 2.98. The van der Waals surface area contributed by atoms with Crippen molar-refractivity contribution in [2.45, 2.75) is 30.6 Å². The number of hydrogen-bond acceptors (Lipinski definition) is 5. The Morgan fingerprint density at radius 1 is 1.17 bits per heavy atom. The van der Waals surface area contributed by atoms with E-state index in [1.807, 2.05) is 0 Å². The van der Waals surface area contributed by atoms with E-state index in [0.717, 1.165) is 12.8 Å². The molecule has 2 aliphatic carbocycles. The van der Waals surface area contributed by atoms with E-state index in [9.17, 15) is 16.8 Å². The Kier molecular flexibility index (Phi) is 3.26. The van der Waals surface area contributed by atoms with Crippen LogP contribution in [0, 0.1) is 0 Å². The van der Waals surface area contributed by atoms with Gasteiger partial charge in [0.2, 0.25) is 20.0 Å². The normalized spacial score (nSPS) is 25.3. The predicted molar refractivity (Wildman–Crippen MR) is 64.9 cm³/mol. The molecule has 0 radical (unpaired) electrons. The van der Waals surface area contributed by atoms with Gasteiger partial charge in [-0.15, -0.1) is 0 Å². The highest BCUT2D eigenvalue weighted by molar-refractivity contribution is 7.93. The SMILES string of the molecule is NS(=O)(=O)C1=CC(OC2CC2)=CC(S(N)(=O)=O)C1. The van der Waals surface area contributed by atoms with Crippen LogP contribution in [0.3, 0.4) is 0 Å². The third-order valence-corrected chi connectivity index (χ3v) is 4.83. The third kappa shape index (κ3) is 3.31. The van der Waals surface area contributed by atoms with Crippen molar-refractivity contribution >= 4 is 20.0 Å². The fourth-order valence-corrected chi connectivity index (χ4v) is 3.10. The minimum atomic E-state index is -3.95. The highest BCUT2D eigenvalue weighted by Gasteiger charge is 2.32. The van der Waals surface area contributed by atoms with E-state index < -0.39 is 25.3 Å². The van der Waals surface area contributed by atoms with Crippen LogP contribution in [0.4, 0.5) is 0 Å². The zero-order valence-electron chi connectivity index (χ0n) is 9.44. The highest BCUT2D eigenvalue weighted by Crippen LogP contribution is 2.31. The molecule has 1 saturated carbocycles. The first kappa shape index (κ1) is 13.5. The number of sulfonamides is 2. The van der Waals surface area contributed by atoms with Gasteiger partial charge in [-0.05, 0) is 25.0 Å². The molecule has 18 heavy (non-hydrogen) atoms. The maximum atomic E-state index is 11.3. The molecule has 0 spiro atoms. The molecule has 102 valence electrons. The number of hydrogen-bond donors (Lipinski definition) is 2. The van der Waals surface area contributed by atoms with Gasteiger partial charge >= 0.3 is 0 Å². The minimum absolute atomic E-state index is 0.0217. The van der Waals surface area contributed by atoms with Crippen LogP contribution in [-0.4, -0.2) is 28.2 Å². The van der Waals surface area contributed by atoms with Crippen molar-refractivity contribution < 1.29 is 21.6 Å². The van der Waals surface area contributed by atoms with Crippen LogP contribution < -0.4 is 10.3 Å². The van der Waals surface area contributed by atoms with Crippen LogP contribution in [0.5, 0.6) is 0 Å². The Hall–Kier alpha value is -0.900. The summed E-state index contributed by atoms with van der Waals surface area (Å²) in [5.74, 6) is 0.201. The van der Waals surface area contributed by atoms with Crippen molar-refractivity contribution in [1.29, 1.82) is 0 Å². The molecule has 7 nitrogen and oxygen atoms in total. The molecule has 0 aromatic rings. The molecule has 1 atom stereocenters. The Morgan fingerprint density at radius 3 is 2.22 bits per heavy atom. The molecule has 2 aliphatic rings. The van der Waals surface area contributed by atoms with Gasteiger partial charge in [0.25, 0.3) is 0 Å². The second-order valence-corrected chi connectivity index (χ2v) is 7.77. The van der Waals surface area contributed by atoms with Crippen molar-refractivity contribution in [2.24, 2.45) is 10.3 Å². The Bertz CT molecular complexity index is 613. The lowest BCUT2D eigenvalue weighted by Gasteiger charge is -2.19. The molecule has 9 heteroatoms. The van der Waals surface area contributed by atoms with Crippen molar-refractivity contribution in [3.05, 3.63) is 22.8 Å². The lowest BCUT2D eigenvalue weighted by Crippen LogP contribution is -2.31. The first-order chi connectivity index (χ1) is 8.16. The molecule has 0 aromatic heterocycles. The van der Waals surface area contributed by atoms with E-state index in [0.29, 0.717) is 0 Å². The summed E-state index contributed by atoms with van der Waals surface area (Å²) in [4.78, 5) is -0.181. The number of rotatable bonds is 4. The van der Waals surface area contributed by atoms with E-state index in [1.165, 1.54) is 12.2 Å². The van der Waals surface area contributed by atoms with Crippen molar-refractivity contribution in [1.82, 2.24) is 0 Å². The molecule has 0 bridgehead atoms. The number of nitrogens with two attached hydrogens (primary N) is 2. The minimum Gasteiger partial charge on any atom is -0.491 e. The fourth-order valence-electron chi connectivity index (χ4n) is 1.57. The van der Waals surface area contributed by atoms with Crippen LogP contribution in [0.25, 0.3) is 0 Å². The van der Waals surface area contributed by atoms with E-state index in [-0.39, 0.29) is 23.2 Å². The number of ether oxygens (including phenoxy) is 1. The summed E-state index contributed by atoms with van der Waals surface area (Å²) in [6, 6.07) is 0. The maximum absolute atomic E-state index is 11.3. The van der Waals surface area contributed by atoms with Crippen LogP contribution in [0.15, 0.2) is 22.8 Å². The summed E-state index contributed by atoms with van der Waals surface area (Å²) in [5.41, 5.74) is 0. The molecular formula is C9H14N2O5S2. The van der Waals surface area contributed by atoms with Gasteiger partial charge in [-0.25, -0.2) is 27.1 Å². The Morgan fingerprint density at radius 2 is 1.78 bits per heavy atom. The largest absolute Gasteiger partial charge is 0.491 e. The topological polar surface area (TPSA) is 130 Å². The summed E-state index contributed by atoms with van der Waals surface area (Å²) >= 11 is 0. The molecule has 1 unspecified atom stereocenters.